The third-order valence-corrected chi connectivity index (χ3v) is 8.10. The molecule has 5 rings (SSSR count). The van der Waals surface area contributed by atoms with Crippen LogP contribution < -0.4 is 24.5 Å². The molecule has 194 valence electrons. The highest BCUT2D eigenvalue weighted by Gasteiger charge is 2.33. The van der Waals surface area contributed by atoms with Crippen LogP contribution in [-0.4, -0.2) is 37.3 Å². The van der Waals surface area contributed by atoms with Gasteiger partial charge < -0.3 is 18.8 Å². The van der Waals surface area contributed by atoms with E-state index in [2.05, 4.69) is 25.8 Å². The molecule has 1 fully saturated rings. The van der Waals surface area contributed by atoms with Gasteiger partial charge in [-0.15, -0.1) is 0 Å². The summed E-state index contributed by atoms with van der Waals surface area (Å²) >= 11 is 4.89. The van der Waals surface area contributed by atoms with Crippen molar-refractivity contribution < 1.29 is 18.7 Å². The van der Waals surface area contributed by atoms with Crippen molar-refractivity contribution in [3.8, 4) is 5.75 Å². The number of hydrogen-bond donors (Lipinski definition) is 0. The number of furan rings is 1. The zero-order valence-corrected chi connectivity index (χ0v) is 23.4. The number of halogens is 1. The summed E-state index contributed by atoms with van der Waals surface area (Å²) in [5, 5.41) is 0. The highest BCUT2D eigenvalue weighted by atomic mass is 79.9. The number of rotatable bonds is 6. The van der Waals surface area contributed by atoms with Gasteiger partial charge in [0, 0.05) is 25.2 Å². The molecule has 0 bridgehead atoms. The van der Waals surface area contributed by atoms with E-state index in [1.807, 2.05) is 30.3 Å². The van der Waals surface area contributed by atoms with E-state index in [4.69, 9.17) is 13.9 Å². The van der Waals surface area contributed by atoms with Crippen LogP contribution in [0.1, 0.15) is 50.5 Å². The van der Waals surface area contributed by atoms with Crippen LogP contribution in [0, 0.1) is 0 Å². The molecule has 3 aromatic rings. The van der Waals surface area contributed by atoms with Gasteiger partial charge in [0.1, 0.15) is 11.5 Å². The SMILES string of the molecule is CCOC(=O)C1=C(C)N=c2s/c(=C/c3cc(Br)c(N4CCCCC4)o3)c(=O)n2[C@H]1c1ccc(OC)cc1. The van der Waals surface area contributed by atoms with E-state index >= 15 is 0 Å². The maximum atomic E-state index is 13.8. The quantitative estimate of drug-likeness (QED) is 0.404. The summed E-state index contributed by atoms with van der Waals surface area (Å²) in [4.78, 5) is 34.2. The molecule has 10 heteroatoms. The molecule has 2 aromatic heterocycles. The van der Waals surface area contributed by atoms with Crippen molar-refractivity contribution in [1.82, 2.24) is 4.57 Å². The van der Waals surface area contributed by atoms with Crippen LogP contribution in [0.15, 0.2) is 60.3 Å². The number of allylic oxidation sites excluding steroid dienone is 1. The number of nitrogens with zero attached hydrogens (tertiary/aromatic N) is 3. The first-order valence-electron chi connectivity index (χ1n) is 12.3. The van der Waals surface area contributed by atoms with E-state index in [1.54, 1.807) is 31.6 Å². The summed E-state index contributed by atoms with van der Waals surface area (Å²) in [6.07, 6.45) is 5.24. The van der Waals surface area contributed by atoms with E-state index in [1.165, 1.54) is 17.8 Å². The second kappa shape index (κ2) is 10.7. The fraction of sp³-hybridized carbons (Fsp3) is 0.370. The second-order valence-corrected chi connectivity index (χ2v) is 10.8. The predicted molar refractivity (Wildman–Crippen MR) is 146 cm³/mol. The number of ether oxygens (including phenoxy) is 2. The normalized spacial score (nSPS) is 18.0. The number of methoxy groups -OCH3 is 1. The van der Waals surface area contributed by atoms with E-state index in [0.29, 0.717) is 32.1 Å². The molecule has 8 nitrogen and oxygen atoms in total. The molecule has 0 unspecified atom stereocenters. The van der Waals surface area contributed by atoms with Crippen LogP contribution in [0.25, 0.3) is 6.08 Å². The molecule has 1 atom stereocenters. The summed E-state index contributed by atoms with van der Waals surface area (Å²) < 4.78 is 19.7. The number of anilines is 1. The van der Waals surface area contributed by atoms with E-state index in [-0.39, 0.29) is 12.2 Å². The minimum absolute atomic E-state index is 0.224. The van der Waals surface area contributed by atoms with Crippen molar-refractivity contribution in [1.29, 1.82) is 0 Å². The van der Waals surface area contributed by atoms with Crippen molar-refractivity contribution in [2.24, 2.45) is 4.99 Å². The van der Waals surface area contributed by atoms with Crippen molar-refractivity contribution in [3.05, 3.63) is 77.1 Å². The second-order valence-electron chi connectivity index (χ2n) is 8.93. The van der Waals surface area contributed by atoms with Crippen LogP contribution in [0.2, 0.25) is 0 Å². The Morgan fingerprint density at radius 3 is 2.65 bits per heavy atom. The van der Waals surface area contributed by atoms with Gasteiger partial charge in [-0.25, -0.2) is 9.79 Å². The Kier molecular flexibility index (Phi) is 7.39. The maximum absolute atomic E-state index is 13.8. The smallest absolute Gasteiger partial charge is 0.338 e. The number of carbonyl (C=O) groups is 1. The Balaban J connectivity index is 1.62. The van der Waals surface area contributed by atoms with Gasteiger partial charge in [-0.1, -0.05) is 23.5 Å². The molecule has 0 radical (unpaired) electrons. The lowest BCUT2D eigenvalue weighted by Crippen LogP contribution is -2.39. The number of hydrogen-bond acceptors (Lipinski definition) is 8. The van der Waals surface area contributed by atoms with Crippen molar-refractivity contribution >= 4 is 45.2 Å². The van der Waals surface area contributed by atoms with E-state index in [0.717, 1.165) is 41.9 Å². The fourth-order valence-corrected chi connectivity index (χ4v) is 6.37. The number of benzene rings is 1. The Morgan fingerprint density at radius 1 is 1.24 bits per heavy atom. The lowest BCUT2D eigenvalue weighted by molar-refractivity contribution is -0.139. The largest absolute Gasteiger partial charge is 0.497 e. The summed E-state index contributed by atoms with van der Waals surface area (Å²) in [5.41, 5.74) is 1.39. The van der Waals surface area contributed by atoms with Gasteiger partial charge in [0.25, 0.3) is 5.56 Å². The molecule has 0 amide bonds. The Hall–Kier alpha value is -3.11. The first kappa shape index (κ1) is 25.5. The Labute approximate surface area is 226 Å². The predicted octanol–water partition coefficient (Wildman–Crippen LogP) is 4.15. The Bertz CT molecular complexity index is 1530. The van der Waals surface area contributed by atoms with Crippen LogP contribution >= 0.6 is 27.3 Å². The molecular weight excluding hydrogens is 558 g/mol. The highest BCUT2D eigenvalue weighted by Crippen LogP contribution is 2.33. The van der Waals surface area contributed by atoms with Gasteiger partial charge in [-0.05, 0) is 66.7 Å². The third kappa shape index (κ3) is 4.92. The van der Waals surface area contributed by atoms with Gasteiger partial charge in [-0.2, -0.15) is 0 Å². The van der Waals surface area contributed by atoms with Crippen LogP contribution in [0.3, 0.4) is 0 Å². The molecule has 1 saturated heterocycles. The lowest BCUT2D eigenvalue weighted by atomic mass is 9.96. The number of carbonyl (C=O) groups excluding carboxylic acids is 1. The van der Waals surface area contributed by atoms with Gasteiger partial charge in [0.05, 0.1) is 40.0 Å². The van der Waals surface area contributed by atoms with Crippen LogP contribution in [0.5, 0.6) is 5.75 Å². The first-order valence-corrected chi connectivity index (χ1v) is 13.9. The summed E-state index contributed by atoms with van der Waals surface area (Å²) in [6.45, 7) is 5.65. The van der Waals surface area contributed by atoms with E-state index < -0.39 is 12.0 Å². The zero-order valence-electron chi connectivity index (χ0n) is 21.0. The van der Waals surface area contributed by atoms with Gasteiger partial charge in [0.15, 0.2) is 4.80 Å². The molecule has 2 aliphatic heterocycles. The summed E-state index contributed by atoms with van der Waals surface area (Å²) in [6, 6.07) is 8.55. The summed E-state index contributed by atoms with van der Waals surface area (Å²) in [5.74, 6) is 1.57. The zero-order chi connectivity index (χ0) is 26.1. The van der Waals surface area contributed by atoms with Crippen LogP contribution in [-0.2, 0) is 9.53 Å². The molecule has 0 N–H and O–H groups in total. The van der Waals surface area contributed by atoms with Gasteiger partial charge >= 0.3 is 5.97 Å². The maximum Gasteiger partial charge on any atom is 0.338 e. The minimum Gasteiger partial charge on any atom is -0.497 e. The summed E-state index contributed by atoms with van der Waals surface area (Å²) in [7, 11) is 1.59. The molecule has 2 aliphatic rings. The van der Waals surface area contributed by atoms with Crippen molar-refractivity contribution in [2.45, 2.75) is 39.2 Å². The third-order valence-electron chi connectivity index (χ3n) is 6.55. The molecule has 0 spiro atoms. The van der Waals surface area contributed by atoms with Crippen LogP contribution in [0.4, 0.5) is 5.88 Å². The average Bonchev–Trinajstić information content (AvgIpc) is 3.42. The molecule has 1 aromatic carbocycles. The minimum atomic E-state index is -0.671. The lowest BCUT2D eigenvalue weighted by Gasteiger charge is -2.26. The average molecular weight is 587 g/mol. The number of piperidine rings is 1. The number of thiazole rings is 1. The van der Waals surface area contributed by atoms with Gasteiger partial charge in [0.2, 0.25) is 5.88 Å². The van der Waals surface area contributed by atoms with E-state index in [9.17, 15) is 9.59 Å². The first-order chi connectivity index (χ1) is 17.9. The monoisotopic (exact) mass is 585 g/mol. The standard InChI is InChI=1S/C27H28BrN3O5S/c1-4-35-26(33)22-16(2)29-27-31(23(22)17-8-10-18(34-3)11-9-17)24(32)21(37-27)15-19-14-20(28)25(36-19)30-12-6-5-7-13-30/h8-11,14-15,23H,4-7,12-13H2,1-3H3/b21-15+/t23-/m0/s1. The fourth-order valence-electron chi connectivity index (χ4n) is 4.78. The molecule has 4 heterocycles. The molecule has 0 saturated carbocycles. The highest BCUT2D eigenvalue weighted by molar-refractivity contribution is 9.10. The van der Waals surface area contributed by atoms with Crippen molar-refractivity contribution in [2.75, 3.05) is 31.7 Å². The topological polar surface area (TPSA) is 86.3 Å². The number of aromatic nitrogens is 1. The van der Waals surface area contributed by atoms with Crippen molar-refractivity contribution in [3.63, 3.8) is 0 Å². The number of esters is 1. The number of fused-ring (bicyclic) bond motifs is 1. The molecular formula is C27H28BrN3O5S. The van der Waals surface area contributed by atoms with Gasteiger partial charge in [-0.3, -0.25) is 9.36 Å². The molecule has 0 aliphatic carbocycles. The molecule has 37 heavy (non-hydrogen) atoms. The Morgan fingerprint density at radius 2 is 1.97 bits per heavy atom.